The minimum absolute atomic E-state index is 0.0890. The maximum atomic E-state index is 12.5. The predicted molar refractivity (Wildman–Crippen MR) is 89.8 cm³/mol. The van der Waals surface area contributed by atoms with Gasteiger partial charge in [0.2, 0.25) is 5.82 Å². The lowest BCUT2D eigenvalue weighted by Gasteiger charge is -2.05. The van der Waals surface area contributed by atoms with Crippen molar-refractivity contribution in [1.29, 1.82) is 0 Å². The van der Waals surface area contributed by atoms with Crippen LogP contribution in [0, 0.1) is 0 Å². The van der Waals surface area contributed by atoms with Crippen molar-refractivity contribution >= 4 is 5.91 Å². The zero-order valence-electron chi connectivity index (χ0n) is 13.9. The van der Waals surface area contributed by atoms with E-state index in [2.05, 4.69) is 20.0 Å². The molecule has 5 nitrogen and oxygen atoms in total. The average Bonchev–Trinajstić information content (AvgIpc) is 3.23. The van der Waals surface area contributed by atoms with E-state index < -0.39 is 12.1 Å². The number of carbonyl (C=O) groups excluding carboxylic acids is 1. The third-order valence-electron chi connectivity index (χ3n) is 4.41. The van der Waals surface area contributed by atoms with Gasteiger partial charge in [0.25, 0.3) is 5.91 Å². The highest BCUT2D eigenvalue weighted by Gasteiger charge is 2.40. The maximum Gasteiger partial charge on any atom is 0.471 e. The molecule has 1 heterocycles. The normalized spacial score (nSPS) is 18.9. The van der Waals surface area contributed by atoms with Gasteiger partial charge in [0.05, 0.1) is 0 Å². The van der Waals surface area contributed by atoms with E-state index in [0.29, 0.717) is 17.0 Å². The quantitative estimate of drug-likeness (QED) is 0.749. The van der Waals surface area contributed by atoms with Crippen LogP contribution in [0.5, 0.6) is 0 Å². The lowest BCUT2D eigenvalue weighted by molar-refractivity contribution is -0.159. The van der Waals surface area contributed by atoms with Gasteiger partial charge in [0.15, 0.2) is 0 Å². The van der Waals surface area contributed by atoms with Crippen LogP contribution in [0.2, 0.25) is 0 Å². The fraction of sp³-hybridized carbons (Fsp3) is 0.211. The van der Waals surface area contributed by atoms with Gasteiger partial charge in [0.1, 0.15) is 0 Å². The SMILES string of the molecule is O=C(N[C@@H]1C[C@@H]1c1ccccc1)c1ccc(-c2noc(C(F)(F)F)n2)cc1. The summed E-state index contributed by atoms with van der Waals surface area (Å²) in [4.78, 5) is 15.7. The topological polar surface area (TPSA) is 68.0 Å². The van der Waals surface area contributed by atoms with Crippen molar-refractivity contribution in [2.24, 2.45) is 0 Å². The molecule has 138 valence electrons. The van der Waals surface area contributed by atoms with E-state index in [1.54, 1.807) is 0 Å². The first-order valence-corrected chi connectivity index (χ1v) is 8.29. The van der Waals surface area contributed by atoms with Crippen LogP contribution < -0.4 is 5.32 Å². The number of rotatable bonds is 4. The summed E-state index contributed by atoms with van der Waals surface area (Å²) >= 11 is 0. The van der Waals surface area contributed by atoms with E-state index >= 15 is 0 Å². The second-order valence-corrected chi connectivity index (χ2v) is 6.33. The third kappa shape index (κ3) is 3.69. The molecular weight excluding hydrogens is 359 g/mol. The van der Waals surface area contributed by atoms with E-state index in [1.807, 2.05) is 30.3 Å². The van der Waals surface area contributed by atoms with Gasteiger partial charge in [-0.15, -0.1) is 0 Å². The number of benzene rings is 2. The second kappa shape index (κ2) is 6.53. The van der Waals surface area contributed by atoms with E-state index in [9.17, 15) is 18.0 Å². The Kier molecular flexibility index (Phi) is 4.18. The zero-order valence-corrected chi connectivity index (χ0v) is 13.9. The molecule has 0 unspecified atom stereocenters. The number of nitrogens with zero attached hydrogens (tertiary/aromatic N) is 2. The van der Waals surface area contributed by atoms with E-state index in [1.165, 1.54) is 29.8 Å². The number of hydrogen-bond donors (Lipinski definition) is 1. The molecule has 27 heavy (non-hydrogen) atoms. The lowest BCUT2D eigenvalue weighted by atomic mass is 10.1. The standard InChI is InChI=1S/C19H14F3N3O2/c20-19(21,22)18-24-16(25-27-18)12-6-8-13(9-7-12)17(26)23-15-10-14(15)11-4-2-1-3-5-11/h1-9,14-15H,10H2,(H,23,26)/t14-,15-/m1/s1. The van der Waals surface area contributed by atoms with Gasteiger partial charge < -0.3 is 9.84 Å². The summed E-state index contributed by atoms with van der Waals surface area (Å²) in [5, 5.41) is 6.29. The van der Waals surface area contributed by atoms with Gasteiger partial charge in [-0.3, -0.25) is 4.79 Å². The van der Waals surface area contributed by atoms with Gasteiger partial charge in [0, 0.05) is 23.1 Å². The number of nitrogens with one attached hydrogen (secondary N) is 1. The Morgan fingerprint density at radius 3 is 2.41 bits per heavy atom. The molecule has 1 amide bonds. The molecule has 3 aromatic rings. The Morgan fingerprint density at radius 1 is 1.07 bits per heavy atom. The Balaban J connectivity index is 1.41. The van der Waals surface area contributed by atoms with Crippen LogP contribution in [0.3, 0.4) is 0 Å². The average molecular weight is 373 g/mol. The number of aromatic nitrogens is 2. The summed E-state index contributed by atoms with van der Waals surface area (Å²) in [5.74, 6) is -1.50. The molecule has 1 saturated carbocycles. The summed E-state index contributed by atoms with van der Waals surface area (Å²) in [6.07, 6.45) is -3.80. The molecule has 0 aliphatic heterocycles. The summed E-state index contributed by atoms with van der Waals surface area (Å²) in [6, 6.07) is 16.1. The Bertz CT molecular complexity index is 952. The molecule has 4 rings (SSSR count). The van der Waals surface area contributed by atoms with Crippen LogP contribution >= 0.6 is 0 Å². The minimum atomic E-state index is -4.69. The van der Waals surface area contributed by atoms with Crippen molar-refractivity contribution in [3.8, 4) is 11.4 Å². The molecule has 2 atom stereocenters. The second-order valence-electron chi connectivity index (χ2n) is 6.33. The van der Waals surface area contributed by atoms with Gasteiger partial charge in [-0.05, 0) is 24.1 Å². The van der Waals surface area contributed by atoms with E-state index in [0.717, 1.165) is 6.42 Å². The first kappa shape index (κ1) is 17.3. The van der Waals surface area contributed by atoms with Gasteiger partial charge >= 0.3 is 12.1 Å². The molecule has 1 fully saturated rings. The van der Waals surface area contributed by atoms with Crippen LogP contribution in [0.15, 0.2) is 59.1 Å². The van der Waals surface area contributed by atoms with Crippen molar-refractivity contribution in [2.45, 2.75) is 24.6 Å². The van der Waals surface area contributed by atoms with Crippen molar-refractivity contribution in [3.63, 3.8) is 0 Å². The molecule has 1 N–H and O–H groups in total. The first-order valence-electron chi connectivity index (χ1n) is 8.29. The molecular formula is C19H14F3N3O2. The zero-order chi connectivity index (χ0) is 19.0. The van der Waals surface area contributed by atoms with Crippen LogP contribution in [-0.2, 0) is 6.18 Å². The predicted octanol–water partition coefficient (Wildman–Crippen LogP) is 4.04. The third-order valence-corrected chi connectivity index (χ3v) is 4.41. The fourth-order valence-electron chi connectivity index (χ4n) is 2.90. The summed E-state index contributed by atoms with van der Waals surface area (Å²) < 4.78 is 41.8. The fourth-order valence-corrected chi connectivity index (χ4v) is 2.90. The number of alkyl halides is 3. The molecule has 1 aliphatic rings. The molecule has 0 radical (unpaired) electrons. The molecule has 0 bridgehead atoms. The number of carbonyl (C=O) groups is 1. The van der Waals surface area contributed by atoms with Crippen molar-refractivity contribution in [1.82, 2.24) is 15.5 Å². The number of halogens is 3. The summed E-state index contributed by atoms with van der Waals surface area (Å²) in [5.41, 5.74) is 1.94. The molecule has 0 saturated heterocycles. The van der Waals surface area contributed by atoms with Gasteiger partial charge in [-0.1, -0.05) is 47.6 Å². The lowest BCUT2D eigenvalue weighted by Crippen LogP contribution is -2.26. The Labute approximate surface area is 152 Å². The van der Waals surface area contributed by atoms with Crippen LogP contribution in [0.4, 0.5) is 13.2 Å². The van der Waals surface area contributed by atoms with Gasteiger partial charge in [-0.25, -0.2) is 0 Å². The Hall–Kier alpha value is -3.16. The monoisotopic (exact) mass is 373 g/mol. The molecule has 0 spiro atoms. The molecule has 1 aliphatic carbocycles. The van der Waals surface area contributed by atoms with Crippen LogP contribution in [0.1, 0.15) is 34.2 Å². The van der Waals surface area contributed by atoms with Crippen LogP contribution in [-0.4, -0.2) is 22.1 Å². The highest BCUT2D eigenvalue weighted by molar-refractivity contribution is 5.95. The highest BCUT2D eigenvalue weighted by atomic mass is 19.4. The number of hydrogen-bond acceptors (Lipinski definition) is 4. The minimum Gasteiger partial charge on any atom is -0.349 e. The highest BCUT2D eigenvalue weighted by Crippen LogP contribution is 2.40. The smallest absolute Gasteiger partial charge is 0.349 e. The van der Waals surface area contributed by atoms with Crippen molar-refractivity contribution in [2.75, 3.05) is 0 Å². The summed E-state index contributed by atoms with van der Waals surface area (Å²) in [7, 11) is 0. The molecule has 1 aromatic heterocycles. The maximum absolute atomic E-state index is 12.5. The molecule has 2 aromatic carbocycles. The summed E-state index contributed by atoms with van der Waals surface area (Å²) in [6.45, 7) is 0. The van der Waals surface area contributed by atoms with Crippen molar-refractivity contribution in [3.05, 3.63) is 71.6 Å². The van der Waals surface area contributed by atoms with Gasteiger partial charge in [-0.2, -0.15) is 18.2 Å². The first-order chi connectivity index (χ1) is 12.9. The van der Waals surface area contributed by atoms with Crippen molar-refractivity contribution < 1.29 is 22.5 Å². The largest absolute Gasteiger partial charge is 0.471 e. The molecule has 8 heteroatoms. The van der Waals surface area contributed by atoms with E-state index in [4.69, 9.17) is 0 Å². The van der Waals surface area contributed by atoms with Crippen LogP contribution in [0.25, 0.3) is 11.4 Å². The Morgan fingerprint density at radius 2 is 1.78 bits per heavy atom. The number of amides is 1. The van der Waals surface area contributed by atoms with E-state index in [-0.39, 0.29) is 17.8 Å².